The van der Waals surface area contributed by atoms with Crippen LogP contribution in [-0.2, 0) is 0 Å². The smallest absolute Gasteiger partial charge is 0.262 e. The molecule has 0 saturated heterocycles. The van der Waals surface area contributed by atoms with Gasteiger partial charge in [-0.3, -0.25) is 14.5 Å². The van der Waals surface area contributed by atoms with E-state index in [1.165, 1.54) is 16.2 Å². The molecule has 20 heavy (non-hydrogen) atoms. The zero-order valence-electron chi connectivity index (χ0n) is 11.1. The van der Waals surface area contributed by atoms with Crippen molar-refractivity contribution in [2.75, 3.05) is 5.73 Å². The summed E-state index contributed by atoms with van der Waals surface area (Å²) in [4.78, 5) is 31.3. The van der Waals surface area contributed by atoms with Gasteiger partial charge in [-0.2, -0.15) is 0 Å². The van der Waals surface area contributed by atoms with Crippen molar-refractivity contribution in [3.05, 3.63) is 45.4 Å². The van der Waals surface area contributed by atoms with Crippen molar-refractivity contribution in [2.45, 2.75) is 19.9 Å². The third-order valence-electron chi connectivity index (χ3n) is 3.33. The molecule has 6 heteroatoms. The van der Waals surface area contributed by atoms with Crippen LogP contribution in [0.4, 0.5) is 5.69 Å². The highest BCUT2D eigenvalue weighted by Gasteiger charge is 2.39. The van der Waals surface area contributed by atoms with Gasteiger partial charge >= 0.3 is 0 Å². The van der Waals surface area contributed by atoms with Crippen molar-refractivity contribution < 1.29 is 9.59 Å². The third kappa shape index (κ3) is 1.80. The van der Waals surface area contributed by atoms with Gasteiger partial charge in [0.2, 0.25) is 0 Å². The van der Waals surface area contributed by atoms with Gasteiger partial charge in [0.1, 0.15) is 5.01 Å². The number of anilines is 1. The van der Waals surface area contributed by atoms with Crippen LogP contribution in [0.1, 0.15) is 43.6 Å². The SMILES string of the molecule is Cc1cnc(C(C)N2C(=O)c3ccc(N)cc3C2=O)s1. The first-order valence-electron chi connectivity index (χ1n) is 6.19. The Hall–Kier alpha value is -2.21. The van der Waals surface area contributed by atoms with E-state index in [-0.39, 0.29) is 17.9 Å². The fourth-order valence-electron chi connectivity index (χ4n) is 2.30. The number of imide groups is 1. The number of aromatic nitrogens is 1. The molecule has 0 radical (unpaired) electrons. The second-order valence-corrected chi connectivity index (χ2v) is 6.04. The lowest BCUT2D eigenvalue weighted by atomic mass is 10.1. The molecule has 1 aromatic heterocycles. The Labute approximate surface area is 120 Å². The van der Waals surface area contributed by atoms with Gasteiger partial charge in [-0.25, -0.2) is 4.98 Å². The Morgan fingerprint density at radius 1 is 1.25 bits per heavy atom. The number of amides is 2. The number of rotatable bonds is 2. The lowest BCUT2D eigenvalue weighted by molar-refractivity contribution is 0.0595. The molecule has 1 aliphatic heterocycles. The number of nitrogens with two attached hydrogens (primary N) is 1. The Morgan fingerprint density at radius 2 is 1.95 bits per heavy atom. The van der Waals surface area contributed by atoms with Gasteiger partial charge in [0, 0.05) is 16.8 Å². The van der Waals surface area contributed by atoms with Crippen LogP contribution in [0.5, 0.6) is 0 Å². The van der Waals surface area contributed by atoms with Gasteiger partial charge in [-0.15, -0.1) is 11.3 Å². The van der Waals surface area contributed by atoms with Gasteiger partial charge in [0.15, 0.2) is 0 Å². The number of fused-ring (bicyclic) bond motifs is 1. The van der Waals surface area contributed by atoms with E-state index in [9.17, 15) is 9.59 Å². The summed E-state index contributed by atoms with van der Waals surface area (Å²) < 4.78 is 0. The Balaban J connectivity index is 2.01. The topological polar surface area (TPSA) is 76.3 Å². The van der Waals surface area contributed by atoms with E-state index in [2.05, 4.69) is 4.98 Å². The minimum Gasteiger partial charge on any atom is -0.399 e. The van der Waals surface area contributed by atoms with E-state index in [0.717, 1.165) is 9.88 Å². The zero-order chi connectivity index (χ0) is 14.4. The van der Waals surface area contributed by atoms with Crippen LogP contribution in [0.3, 0.4) is 0 Å². The molecule has 3 rings (SSSR count). The number of carbonyl (C=O) groups is 2. The average Bonchev–Trinajstić information content (AvgIpc) is 2.93. The lowest BCUT2D eigenvalue weighted by Crippen LogP contribution is -2.32. The van der Waals surface area contributed by atoms with Crippen molar-refractivity contribution in [2.24, 2.45) is 0 Å². The van der Waals surface area contributed by atoms with Crippen molar-refractivity contribution >= 4 is 28.8 Å². The largest absolute Gasteiger partial charge is 0.399 e. The molecule has 1 atom stereocenters. The quantitative estimate of drug-likeness (QED) is 0.679. The number of nitrogens with zero attached hydrogens (tertiary/aromatic N) is 2. The van der Waals surface area contributed by atoms with Crippen LogP contribution in [0, 0.1) is 6.92 Å². The molecule has 1 aliphatic rings. The van der Waals surface area contributed by atoms with E-state index >= 15 is 0 Å². The summed E-state index contributed by atoms with van der Waals surface area (Å²) in [5.41, 5.74) is 6.94. The average molecular weight is 287 g/mol. The Kier molecular flexibility index (Phi) is 2.83. The zero-order valence-corrected chi connectivity index (χ0v) is 11.9. The molecule has 0 aliphatic carbocycles. The summed E-state index contributed by atoms with van der Waals surface area (Å²) in [5.74, 6) is -0.594. The van der Waals surface area contributed by atoms with Crippen molar-refractivity contribution in [3.8, 4) is 0 Å². The van der Waals surface area contributed by atoms with Crippen LogP contribution in [0.2, 0.25) is 0 Å². The van der Waals surface area contributed by atoms with Gasteiger partial charge in [-0.05, 0) is 32.0 Å². The maximum absolute atomic E-state index is 12.4. The predicted octanol–water partition coefficient (Wildman–Crippen LogP) is 2.39. The molecule has 0 saturated carbocycles. The molecule has 102 valence electrons. The second-order valence-electron chi connectivity index (χ2n) is 4.77. The number of hydrogen-bond acceptors (Lipinski definition) is 5. The molecule has 2 amide bonds. The number of nitrogen functional groups attached to an aromatic ring is 1. The maximum Gasteiger partial charge on any atom is 0.262 e. The summed E-state index contributed by atoms with van der Waals surface area (Å²) in [5, 5.41) is 0.755. The number of aryl methyl sites for hydroxylation is 1. The normalized spacial score (nSPS) is 15.6. The molecular formula is C14H13N3O2S. The first-order chi connectivity index (χ1) is 9.49. The molecule has 0 spiro atoms. The van der Waals surface area contributed by atoms with E-state index in [1.807, 2.05) is 13.8 Å². The van der Waals surface area contributed by atoms with Crippen LogP contribution in [0.15, 0.2) is 24.4 Å². The predicted molar refractivity (Wildman–Crippen MR) is 76.6 cm³/mol. The minimum absolute atomic E-state index is 0.287. The Bertz CT molecular complexity index is 723. The monoisotopic (exact) mass is 287 g/mol. The first-order valence-corrected chi connectivity index (χ1v) is 7.00. The van der Waals surface area contributed by atoms with Crippen molar-refractivity contribution in [1.29, 1.82) is 0 Å². The molecule has 2 heterocycles. The van der Waals surface area contributed by atoms with E-state index in [4.69, 9.17) is 5.73 Å². The van der Waals surface area contributed by atoms with Gasteiger partial charge in [0.25, 0.3) is 11.8 Å². The summed E-state index contributed by atoms with van der Waals surface area (Å²) in [7, 11) is 0. The van der Waals surface area contributed by atoms with Gasteiger partial charge in [-0.1, -0.05) is 0 Å². The maximum atomic E-state index is 12.4. The van der Waals surface area contributed by atoms with E-state index in [0.29, 0.717) is 16.8 Å². The van der Waals surface area contributed by atoms with Crippen LogP contribution in [0.25, 0.3) is 0 Å². The highest BCUT2D eigenvalue weighted by molar-refractivity contribution is 7.11. The summed E-state index contributed by atoms with van der Waals surface area (Å²) in [6.07, 6.45) is 1.74. The molecule has 2 N–H and O–H groups in total. The fraction of sp³-hybridized carbons (Fsp3) is 0.214. The molecule has 0 fully saturated rings. The highest BCUT2D eigenvalue weighted by Crippen LogP contribution is 2.33. The van der Waals surface area contributed by atoms with Crippen molar-refractivity contribution in [1.82, 2.24) is 9.88 Å². The minimum atomic E-state index is -0.373. The molecule has 5 nitrogen and oxygen atoms in total. The Morgan fingerprint density at radius 3 is 2.60 bits per heavy atom. The van der Waals surface area contributed by atoms with Gasteiger partial charge in [0.05, 0.1) is 17.2 Å². The van der Waals surface area contributed by atoms with E-state index in [1.54, 1.807) is 24.4 Å². The summed E-state index contributed by atoms with van der Waals surface area (Å²) in [6.45, 7) is 3.75. The number of thiazole rings is 1. The third-order valence-corrected chi connectivity index (χ3v) is 4.41. The van der Waals surface area contributed by atoms with E-state index < -0.39 is 0 Å². The molecule has 1 unspecified atom stereocenters. The lowest BCUT2D eigenvalue weighted by Gasteiger charge is -2.20. The summed E-state index contributed by atoms with van der Waals surface area (Å²) >= 11 is 1.49. The van der Waals surface area contributed by atoms with Crippen LogP contribution >= 0.6 is 11.3 Å². The highest BCUT2D eigenvalue weighted by atomic mass is 32.1. The van der Waals surface area contributed by atoms with Crippen LogP contribution in [-0.4, -0.2) is 21.7 Å². The van der Waals surface area contributed by atoms with Gasteiger partial charge < -0.3 is 5.73 Å². The molecule has 0 bridgehead atoms. The molecule has 1 aromatic carbocycles. The fourth-order valence-corrected chi connectivity index (χ4v) is 3.12. The number of benzene rings is 1. The first kappa shape index (κ1) is 12.8. The molecule has 2 aromatic rings. The number of carbonyl (C=O) groups excluding carboxylic acids is 2. The van der Waals surface area contributed by atoms with Crippen LogP contribution < -0.4 is 5.73 Å². The summed E-state index contributed by atoms with van der Waals surface area (Å²) in [6, 6.07) is 4.41. The molecular weight excluding hydrogens is 274 g/mol. The van der Waals surface area contributed by atoms with Crippen molar-refractivity contribution in [3.63, 3.8) is 0 Å². The standard InChI is InChI=1S/C14H13N3O2S/c1-7-6-16-12(20-7)8(2)17-13(18)10-4-3-9(15)5-11(10)14(17)19/h3-6,8H,15H2,1-2H3. The number of hydrogen-bond donors (Lipinski definition) is 1. The second kappa shape index (κ2) is 4.42.